The van der Waals surface area contributed by atoms with Gasteiger partial charge in [0, 0.05) is 69.3 Å². The summed E-state index contributed by atoms with van der Waals surface area (Å²) in [5.74, 6) is 5.84. The van der Waals surface area contributed by atoms with Crippen LogP contribution in [0.15, 0.2) is 158 Å². The summed E-state index contributed by atoms with van der Waals surface area (Å²) in [6.45, 7) is 4.13. The Morgan fingerprint density at radius 3 is 1.18 bits per heavy atom. The van der Waals surface area contributed by atoms with Crippen molar-refractivity contribution in [3.05, 3.63) is 169 Å². The van der Waals surface area contributed by atoms with Crippen molar-refractivity contribution in [2.24, 2.45) is 0 Å². The third-order valence-corrected chi connectivity index (χ3v) is 12.2. The smallest absolute Gasteiger partial charge is 0.170 e. The van der Waals surface area contributed by atoms with E-state index >= 15 is 0 Å². The second kappa shape index (κ2) is 17.1. The number of hydrogen-bond donors (Lipinski definition) is 0. The van der Waals surface area contributed by atoms with E-state index in [1.54, 1.807) is 53.0 Å². The van der Waals surface area contributed by atoms with Gasteiger partial charge in [0.25, 0.3) is 0 Å². The van der Waals surface area contributed by atoms with E-state index in [2.05, 4.69) is 71.5 Å². The second-order valence-corrected chi connectivity index (χ2v) is 16.3. The van der Waals surface area contributed by atoms with Gasteiger partial charge >= 0.3 is 0 Å². The highest BCUT2D eigenvalue weighted by Gasteiger charge is 2.22. The summed E-state index contributed by atoms with van der Waals surface area (Å²) in [5.41, 5.74) is 8.65. The second-order valence-electron chi connectivity index (χ2n) is 16.3. The maximum Gasteiger partial charge on any atom is 0.170 e. The Balaban J connectivity index is 0.936. The molecule has 334 valence electrons. The van der Waals surface area contributed by atoms with Gasteiger partial charge in [0.2, 0.25) is 0 Å². The molecule has 0 aliphatic rings. The Hall–Kier alpha value is -8.90. The summed E-state index contributed by atoms with van der Waals surface area (Å²) in [5, 5.41) is 4.40. The van der Waals surface area contributed by atoms with Gasteiger partial charge in [-0.15, -0.1) is 0 Å². The van der Waals surface area contributed by atoms with Crippen molar-refractivity contribution >= 4 is 43.6 Å². The molecule has 12 heteroatoms. The number of aromatic nitrogens is 6. The minimum atomic E-state index is 0.470. The van der Waals surface area contributed by atoms with Crippen LogP contribution < -0.4 is 28.4 Å². The molecular formula is C56H44N6O6. The molecule has 0 saturated heterocycles. The highest BCUT2D eigenvalue weighted by Crippen LogP contribution is 2.45. The van der Waals surface area contributed by atoms with Crippen LogP contribution in [0.5, 0.6) is 46.0 Å². The molecule has 0 radical (unpaired) electrons. The fraction of sp³-hybridized carbons (Fsp3) is 0.107. The predicted octanol–water partition coefficient (Wildman–Crippen LogP) is 13.0. The van der Waals surface area contributed by atoms with Gasteiger partial charge in [0.15, 0.2) is 23.0 Å². The van der Waals surface area contributed by atoms with E-state index in [1.807, 2.05) is 85.2 Å². The summed E-state index contributed by atoms with van der Waals surface area (Å²) in [4.78, 5) is 19.3. The standard InChI is InChI=1S/C56H44N6O6/c1-33-19-21-57-55(23-33)61-45-13-9-7-11-37(45)39-17-15-35(25-47(39)61)67-53-27-41(49(63-3)29-51(53)65-5)43-31-60-44(32-59-43)42-28-54(52(66-6)30-50(42)64-4)68-36-16-18-40-38-12-8-10-14-46(38)62(48(40)26-36)56-24-34(2)20-22-58-56/h7-32H,1-6H3. The van der Waals surface area contributed by atoms with Crippen LogP contribution in [0.25, 0.3) is 77.8 Å². The topological polar surface area (TPSA) is 117 Å². The molecule has 11 rings (SSSR count). The third-order valence-electron chi connectivity index (χ3n) is 12.2. The highest BCUT2D eigenvalue weighted by molar-refractivity contribution is 6.10. The zero-order valence-corrected chi connectivity index (χ0v) is 38.1. The molecule has 0 spiro atoms. The molecule has 0 aliphatic heterocycles. The molecule has 11 aromatic rings. The van der Waals surface area contributed by atoms with E-state index in [-0.39, 0.29) is 0 Å². The molecular weight excluding hydrogens is 853 g/mol. The SMILES string of the molecule is COc1cc(OC)c(-c2cnc(-c3cc(Oc4ccc5c6ccccc6n(-c6cc(C)ccn6)c5c4)c(OC)cc3OC)cn2)cc1Oc1ccc2c3ccccc3n(-c3cc(C)ccn3)c2c1. The van der Waals surface area contributed by atoms with E-state index in [1.165, 1.54) is 0 Å². The van der Waals surface area contributed by atoms with E-state index in [4.69, 9.17) is 48.4 Å². The summed E-state index contributed by atoms with van der Waals surface area (Å²) in [6.07, 6.45) is 7.05. The normalized spacial score (nSPS) is 11.4. The van der Waals surface area contributed by atoms with Crippen molar-refractivity contribution in [3.8, 4) is 80.1 Å². The molecule has 0 atom stereocenters. The van der Waals surface area contributed by atoms with Crippen molar-refractivity contribution in [1.82, 2.24) is 29.1 Å². The lowest BCUT2D eigenvalue weighted by Gasteiger charge is -2.17. The molecule has 0 N–H and O–H groups in total. The largest absolute Gasteiger partial charge is 0.496 e. The van der Waals surface area contributed by atoms with Crippen molar-refractivity contribution in [2.45, 2.75) is 13.8 Å². The monoisotopic (exact) mass is 896 g/mol. The van der Waals surface area contributed by atoms with E-state index in [0.717, 1.165) is 66.4 Å². The zero-order chi connectivity index (χ0) is 46.5. The molecule has 0 unspecified atom stereocenters. The van der Waals surface area contributed by atoms with Crippen molar-refractivity contribution < 1.29 is 28.4 Å². The summed E-state index contributed by atoms with van der Waals surface area (Å²) < 4.78 is 41.0. The van der Waals surface area contributed by atoms with Crippen LogP contribution in [0.3, 0.4) is 0 Å². The molecule has 0 aliphatic carbocycles. The first-order valence-electron chi connectivity index (χ1n) is 22.0. The molecule has 0 amide bonds. The Bertz CT molecular complexity index is 3490. The summed E-state index contributed by atoms with van der Waals surface area (Å²) in [6, 6.07) is 44.2. The zero-order valence-electron chi connectivity index (χ0n) is 38.1. The fourth-order valence-electron chi connectivity index (χ4n) is 8.97. The first-order chi connectivity index (χ1) is 33.3. The number of fused-ring (bicyclic) bond motifs is 6. The molecule has 0 fully saturated rings. The van der Waals surface area contributed by atoms with Gasteiger partial charge in [-0.25, -0.2) is 9.97 Å². The predicted molar refractivity (Wildman–Crippen MR) is 266 cm³/mol. The maximum absolute atomic E-state index is 6.65. The first kappa shape index (κ1) is 41.8. The lowest BCUT2D eigenvalue weighted by Crippen LogP contribution is -1.99. The summed E-state index contributed by atoms with van der Waals surface area (Å²) in [7, 11) is 6.41. The number of rotatable bonds is 12. The molecule has 12 nitrogen and oxygen atoms in total. The number of methoxy groups -OCH3 is 4. The number of nitrogens with zero attached hydrogens (tertiary/aromatic N) is 6. The number of aryl methyl sites for hydroxylation is 2. The highest BCUT2D eigenvalue weighted by atomic mass is 16.5. The van der Waals surface area contributed by atoms with E-state index < -0.39 is 0 Å². The van der Waals surface area contributed by atoms with Gasteiger partial charge in [-0.3, -0.25) is 19.1 Å². The van der Waals surface area contributed by atoms with E-state index in [9.17, 15) is 0 Å². The Labute approximate surface area is 391 Å². The van der Waals surface area contributed by atoms with Crippen LogP contribution >= 0.6 is 0 Å². The average Bonchev–Trinajstić information content (AvgIpc) is 3.88. The Kier molecular flexibility index (Phi) is 10.5. The molecule has 5 heterocycles. The van der Waals surface area contributed by atoms with Crippen LogP contribution in [-0.2, 0) is 0 Å². The van der Waals surface area contributed by atoms with Crippen molar-refractivity contribution in [1.29, 1.82) is 0 Å². The molecule has 6 aromatic carbocycles. The Morgan fingerprint density at radius 1 is 0.368 bits per heavy atom. The van der Waals surface area contributed by atoms with Crippen LogP contribution in [0.2, 0.25) is 0 Å². The lowest BCUT2D eigenvalue weighted by molar-refractivity contribution is 0.369. The maximum atomic E-state index is 6.65. The minimum absolute atomic E-state index is 0.470. The van der Waals surface area contributed by atoms with Crippen LogP contribution in [-0.4, -0.2) is 57.5 Å². The number of para-hydroxylation sites is 2. The van der Waals surface area contributed by atoms with Gasteiger partial charge in [0.05, 0.1) is 74.3 Å². The van der Waals surface area contributed by atoms with Gasteiger partial charge in [-0.1, -0.05) is 36.4 Å². The first-order valence-corrected chi connectivity index (χ1v) is 22.0. The van der Waals surface area contributed by atoms with E-state index in [0.29, 0.717) is 68.5 Å². The fourth-order valence-corrected chi connectivity index (χ4v) is 8.97. The lowest BCUT2D eigenvalue weighted by atomic mass is 10.1. The van der Waals surface area contributed by atoms with Crippen LogP contribution in [0, 0.1) is 13.8 Å². The molecule has 0 bridgehead atoms. The quantitative estimate of drug-likeness (QED) is 0.117. The van der Waals surface area contributed by atoms with Crippen LogP contribution in [0.4, 0.5) is 0 Å². The number of hydrogen-bond acceptors (Lipinski definition) is 10. The van der Waals surface area contributed by atoms with Gasteiger partial charge in [-0.05, 0) is 97.8 Å². The number of pyridine rings is 2. The number of ether oxygens (including phenoxy) is 6. The molecule has 68 heavy (non-hydrogen) atoms. The van der Waals surface area contributed by atoms with Gasteiger partial charge < -0.3 is 28.4 Å². The van der Waals surface area contributed by atoms with Crippen molar-refractivity contribution in [3.63, 3.8) is 0 Å². The third kappa shape index (κ3) is 7.28. The molecule has 5 aromatic heterocycles. The average molecular weight is 897 g/mol. The van der Waals surface area contributed by atoms with Crippen molar-refractivity contribution in [2.75, 3.05) is 28.4 Å². The van der Waals surface area contributed by atoms with Gasteiger partial charge in [-0.2, -0.15) is 0 Å². The Morgan fingerprint density at radius 2 is 0.779 bits per heavy atom. The minimum Gasteiger partial charge on any atom is -0.496 e. The van der Waals surface area contributed by atoms with Crippen LogP contribution in [0.1, 0.15) is 11.1 Å². The van der Waals surface area contributed by atoms with Gasteiger partial charge in [0.1, 0.15) is 34.6 Å². The molecule has 0 saturated carbocycles. The summed E-state index contributed by atoms with van der Waals surface area (Å²) >= 11 is 0. The number of benzene rings is 6.